The average molecular weight is 255 g/mol. The molecule has 109 valence electrons. The lowest BCUT2D eigenvalue weighted by molar-refractivity contribution is 0.156. The van der Waals surface area contributed by atoms with E-state index in [4.69, 9.17) is 0 Å². The standard InChI is InChI=1S/C17H35O/c1-3-5-6-7-8-9-10-11-12-13-14-15-16-17(18)4-2/h17-18H,1,3-16H2,2H3. The van der Waals surface area contributed by atoms with E-state index >= 15 is 0 Å². The lowest BCUT2D eigenvalue weighted by atomic mass is 10.0. The van der Waals surface area contributed by atoms with Crippen molar-refractivity contribution in [2.24, 2.45) is 0 Å². The number of aliphatic hydroxyl groups excluding tert-OH is 1. The Balaban J connectivity index is 2.94. The van der Waals surface area contributed by atoms with Crippen molar-refractivity contribution in [2.45, 2.75) is 103 Å². The van der Waals surface area contributed by atoms with E-state index in [-0.39, 0.29) is 6.10 Å². The first-order valence-electron chi connectivity index (χ1n) is 8.28. The van der Waals surface area contributed by atoms with Gasteiger partial charge in [-0.25, -0.2) is 0 Å². The third-order valence-electron chi connectivity index (χ3n) is 3.76. The molecular weight excluding hydrogens is 220 g/mol. The smallest absolute Gasteiger partial charge is 0.0537 e. The van der Waals surface area contributed by atoms with Crippen molar-refractivity contribution in [3.8, 4) is 0 Å². The maximum Gasteiger partial charge on any atom is 0.0537 e. The Labute approximate surface area is 115 Å². The summed E-state index contributed by atoms with van der Waals surface area (Å²) in [6.07, 6.45) is 18.0. The fourth-order valence-corrected chi connectivity index (χ4v) is 2.35. The molecule has 0 bridgehead atoms. The molecule has 0 aromatic heterocycles. The first-order valence-corrected chi connectivity index (χ1v) is 8.28. The summed E-state index contributed by atoms with van der Waals surface area (Å²) >= 11 is 0. The van der Waals surface area contributed by atoms with Gasteiger partial charge in [0.2, 0.25) is 0 Å². The Hall–Kier alpha value is -0.0400. The number of aliphatic hydroxyl groups is 1. The summed E-state index contributed by atoms with van der Waals surface area (Å²) in [5.41, 5.74) is 0. The van der Waals surface area contributed by atoms with Gasteiger partial charge in [0, 0.05) is 0 Å². The second-order valence-electron chi connectivity index (χ2n) is 5.59. The minimum atomic E-state index is -0.0525. The van der Waals surface area contributed by atoms with Crippen LogP contribution in [0.4, 0.5) is 0 Å². The van der Waals surface area contributed by atoms with E-state index < -0.39 is 0 Å². The highest BCUT2D eigenvalue weighted by Gasteiger charge is 1.99. The second-order valence-corrected chi connectivity index (χ2v) is 5.59. The molecule has 0 rings (SSSR count). The van der Waals surface area contributed by atoms with Crippen LogP contribution < -0.4 is 0 Å². The molecule has 1 nitrogen and oxygen atoms in total. The van der Waals surface area contributed by atoms with Crippen molar-refractivity contribution in [2.75, 3.05) is 0 Å². The first-order chi connectivity index (χ1) is 8.81. The zero-order chi connectivity index (χ0) is 13.5. The summed E-state index contributed by atoms with van der Waals surface area (Å²) in [6, 6.07) is 0. The fourth-order valence-electron chi connectivity index (χ4n) is 2.35. The molecule has 0 heterocycles. The van der Waals surface area contributed by atoms with Crippen molar-refractivity contribution >= 4 is 0 Å². The molecule has 0 aromatic rings. The third-order valence-corrected chi connectivity index (χ3v) is 3.76. The molecule has 1 radical (unpaired) electrons. The molecule has 0 fully saturated rings. The Morgan fingerprint density at radius 3 is 1.50 bits per heavy atom. The Morgan fingerprint density at radius 1 is 0.722 bits per heavy atom. The largest absolute Gasteiger partial charge is 0.393 e. The van der Waals surface area contributed by atoms with E-state index in [1.54, 1.807) is 0 Å². The maximum atomic E-state index is 9.42. The SMILES string of the molecule is [CH2]CCCCCCCCCCCCCC(O)CC. The Kier molecular flexibility index (Phi) is 15.0. The van der Waals surface area contributed by atoms with Crippen LogP contribution in [0.25, 0.3) is 0 Å². The lowest BCUT2D eigenvalue weighted by Gasteiger charge is -2.06. The average Bonchev–Trinajstić information content (AvgIpc) is 2.39. The van der Waals surface area contributed by atoms with Crippen molar-refractivity contribution in [3.05, 3.63) is 6.92 Å². The van der Waals surface area contributed by atoms with Crippen LogP contribution >= 0.6 is 0 Å². The van der Waals surface area contributed by atoms with E-state index in [2.05, 4.69) is 13.8 Å². The highest BCUT2D eigenvalue weighted by molar-refractivity contribution is 4.53. The maximum absolute atomic E-state index is 9.42. The molecule has 1 atom stereocenters. The van der Waals surface area contributed by atoms with Crippen LogP contribution in [0, 0.1) is 6.92 Å². The monoisotopic (exact) mass is 255 g/mol. The molecule has 0 aromatic carbocycles. The van der Waals surface area contributed by atoms with Crippen molar-refractivity contribution < 1.29 is 5.11 Å². The molecule has 0 aliphatic heterocycles. The molecular formula is C17H35O. The zero-order valence-electron chi connectivity index (χ0n) is 12.6. The number of hydrogen-bond acceptors (Lipinski definition) is 1. The second kappa shape index (κ2) is 15.0. The van der Waals surface area contributed by atoms with Gasteiger partial charge in [0.15, 0.2) is 0 Å². The predicted molar refractivity (Wildman–Crippen MR) is 81.7 cm³/mol. The molecule has 0 saturated carbocycles. The molecule has 0 saturated heterocycles. The van der Waals surface area contributed by atoms with Gasteiger partial charge in [0.25, 0.3) is 0 Å². The van der Waals surface area contributed by atoms with Crippen LogP contribution in [-0.2, 0) is 0 Å². The van der Waals surface area contributed by atoms with Gasteiger partial charge in [-0.05, 0) is 12.8 Å². The number of unbranched alkanes of at least 4 members (excludes halogenated alkanes) is 11. The van der Waals surface area contributed by atoms with E-state index in [1.807, 2.05) is 0 Å². The van der Waals surface area contributed by atoms with Gasteiger partial charge >= 0.3 is 0 Å². The minimum Gasteiger partial charge on any atom is -0.393 e. The summed E-state index contributed by atoms with van der Waals surface area (Å²) in [4.78, 5) is 0. The third kappa shape index (κ3) is 14.0. The normalized spacial score (nSPS) is 12.8. The van der Waals surface area contributed by atoms with Gasteiger partial charge in [-0.3, -0.25) is 0 Å². The molecule has 0 aliphatic carbocycles. The van der Waals surface area contributed by atoms with E-state index in [1.165, 1.54) is 70.6 Å². The van der Waals surface area contributed by atoms with Crippen molar-refractivity contribution in [1.82, 2.24) is 0 Å². The molecule has 0 aliphatic rings. The molecule has 0 spiro atoms. The van der Waals surface area contributed by atoms with Gasteiger partial charge in [-0.2, -0.15) is 0 Å². The number of hydrogen-bond donors (Lipinski definition) is 1. The summed E-state index contributed by atoms with van der Waals surface area (Å²) in [6.45, 7) is 5.93. The van der Waals surface area contributed by atoms with E-state index in [0.717, 1.165) is 19.3 Å². The van der Waals surface area contributed by atoms with Gasteiger partial charge in [0.1, 0.15) is 0 Å². The predicted octanol–water partition coefficient (Wildman–Crippen LogP) is 5.66. The van der Waals surface area contributed by atoms with Gasteiger partial charge < -0.3 is 5.11 Å². The van der Waals surface area contributed by atoms with Crippen LogP contribution in [0.5, 0.6) is 0 Å². The summed E-state index contributed by atoms with van der Waals surface area (Å²) < 4.78 is 0. The summed E-state index contributed by atoms with van der Waals surface area (Å²) in [5.74, 6) is 0. The van der Waals surface area contributed by atoms with Crippen LogP contribution in [0.3, 0.4) is 0 Å². The molecule has 0 amide bonds. The lowest BCUT2D eigenvalue weighted by Crippen LogP contribution is -2.03. The first kappa shape index (κ1) is 18.0. The highest BCUT2D eigenvalue weighted by atomic mass is 16.3. The molecule has 1 unspecified atom stereocenters. The summed E-state index contributed by atoms with van der Waals surface area (Å²) in [5, 5.41) is 9.42. The van der Waals surface area contributed by atoms with Gasteiger partial charge in [-0.1, -0.05) is 90.9 Å². The molecule has 1 heteroatoms. The topological polar surface area (TPSA) is 20.2 Å². The van der Waals surface area contributed by atoms with Crippen molar-refractivity contribution in [3.63, 3.8) is 0 Å². The zero-order valence-corrected chi connectivity index (χ0v) is 12.6. The quantitative estimate of drug-likeness (QED) is 0.397. The molecule has 18 heavy (non-hydrogen) atoms. The Morgan fingerprint density at radius 2 is 1.11 bits per heavy atom. The minimum absolute atomic E-state index is 0.0525. The number of rotatable bonds is 14. The fraction of sp³-hybridized carbons (Fsp3) is 0.941. The van der Waals surface area contributed by atoms with Crippen LogP contribution in [-0.4, -0.2) is 11.2 Å². The van der Waals surface area contributed by atoms with Crippen LogP contribution in [0.2, 0.25) is 0 Å². The van der Waals surface area contributed by atoms with Gasteiger partial charge in [0.05, 0.1) is 6.10 Å². The van der Waals surface area contributed by atoms with Crippen molar-refractivity contribution in [1.29, 1.82) is 0 Å². The summed E-state index contributed by atoms with van der Waals surface area (Å²) in [7, 11) is 0. The van der Waals surface area contributed by atoms with E-state index in [0.29, 0.717) is 0 Å². The Bertz CT molecular complexity index is 145. The van der Waals surface area contributed by atoms with Gasteiger partial charge in [-0.15, -0.1) is 0 Å². The van der Waals surface area contributed by atoms with Crippen LogP contribution in [0.1, 0.15) is 96.8 Å². The van der Waals surface area contributed by atoms with Crippen LogP contribution in [0.15, 0.2) is 0 Å². The highest BCUT2D eigenvalue weighted by Crippen LogP contribution is 2.13. The molecule has 1 N–H and O–H groups in total. The van der Waals surface area contributed by atoms with E-state index in [9.17, 15) is 5.11 Å².